The van der Waals surface area contributed by atoms with Crippen molar-refractivity contribution in [2.75, 3.05) is 7.11 Å². The molecule has 0 radical (unpaired) electrons. The topological polar surface area (TPSA) is 35.2 Å². The molecule has 84 valence electrons. The monoisotopic (exact) mass is 227 g/mol. The zero-order chi connectivity index (χ0) is 9.97. The molecule has 1 aliphatic rings. The second kappa shape index (κ2) is 5.38. The van der Waals surface area contributed by atoms with Gasteiger partial charge in [-0.15, -0.1) is 12.4 Å². The maximum atomic E-state index is 6.20. The summed E-state index contributed by atoms with van der Waals surface area (Å²) < 4.78 is 5.31. The van der Waals surface area contributed by atoms with E-state index >= 15 is 0 Å². The van der Waals surface area contributed by atoms with Crippen LogP contribution in [0.1, 0.15) is 30.9 Å². The first-order chi connectivity index (χ1) is 6.83. The summed E-state index contributed by atoms with van der Waals surface area (Å²) in [4.78, 5) is 0. The fourth-order valence-corrected chi connectivity index (χ4v) is 1.99. The zero-order valence-electron chi connectivity index (χ0n) is 8.98. The lowest BCUT2D eigenvalue weighted by Crippen LogP contribution is -2.27. The average Bonchev–Trinajstić information content (AvgIpc) is 2.15. The molecule has 1 aliphatic carbocycles. The van der Waals surface area contributed by atoms with E-state index < -0.39 is 0 Å². The minimum absolute atomic E-state index is 0. The number of methoxy groups -OCH3 is 1. The molecule has 15 heavy (non-hydrogen) atoms. The van der Waals surface area contributed by atoms with E-state index in [9.17, 15) is 0 Å². The quantitative estimate of drug-likeness (QED) is 0.862. The molecule has 1 aromatic carbocycles. The van der Waals surface area contributed by atoms with E-state index in [2.05, 4.69) is 6.07 Å². The Morgan fingerprint density at radius 3 is 2.53 bits per heavy atom. The Bertz CT molecular complexity index is 312. The van der Waals surface area contributed by atoms with Gasteiger partial charge >= 0.3 is 0 Å². The van der Waals surface area contributed by atoms with E-state index in [0.717, 1.165) is 11.3 Å². The van der Waals surface area contributed by atoms with Crippen LogP contribution >= 0.6 is 12.4 Å². The number of hydrogen-bond donors (Lipinski definition) is 1. The Kier molecular flexibility index (Phi) is 4.43. The first-order valence-corrected chi connectivity index (χ1v) is 5.21. The fraction of sp³-hybridized carbons (Fsp3) is 0.500. The van der Waals surface area contributed by atoms with Crippen LogP contribution in [0.5, 0.6) is 5.75 Å². The molecule has 1 fully saturated rings. The highest BCUT2D eigenvalue weighted by Crippen LogP contribution is 2.38. The minimum atomic E-state index is 0. The predicted octanol–water partition coefficient (Wildman–Crippen LogP) is 2.92. The van der Waals surface area contributed by atoms with Crippen molar-refractivity contribution < 1.29 is 4.74 Å². The van der Waals surface area contributed by atoms with Crippen molar-refractivity contribution in [2.24, 2.45) is 11.7 Å². The molecule has 2 rings (SSSR count). The van der Waals surface area contributed by atoms with Gasteiger partial charge in [0.2, 0.25) is 0 Å². The third-order valence-electron chi connectivity index (χ3n) is 3.16. The molecule has 0 heterocycles. The van der Waals surface area contributed by atoms with Gasteiger partial charge in [-0.2, -0.15) is 0 Å². The summed E-state index contributed by atoms with van der Waals surface area (Å²) in [5.74, 6) is 1.58. The van der Waals surface area contributed by atoms with Gasteiger partial charge in [-0.1, -0.05) is 24.6 Å². The Morgan fingerprint density at radius 1 is 1.33 bits per heavy atom. The SMILES string of the molecule is COc1ccccc1[C@@H](N)C1CCC1.Cl. The molecule has 0 aliphatic heterocycles. The van der Waals surface area contributed by atoms with Crippen LogP contribution in [0.4, 0.5) is 0 Å². The lowest BCUT2D eigenvalue weighted by atomic mass is 9.77. The fourth-order valence-electron chi connectivity index (χ4n) is 1.99. The van der Waals surface area contributed by atoms with Crippen molar-refractivity contribution in [1.82, 2.24) is 0 Å². The van der Waals surface area contributed by atoms with Gasteiger partial charge in [0.1, 0.15) is 5.75 Å². The molecule has 2 nitrogen and oxygen atoms in total. The van der Waals surface area contributed by atoms with Gasteiger partial charge in [-0.25, -0.2) is 0 Å². The highest BCUT2D eigenvalue weighted by molar-refractivity contribution is 5.85. The van der Waals surface area contributed by atoms with Gasteiger partial charge in [0.25, 0.3) is 0 Å². The van der Waals surface area contributed by atoms with Crippen molar-refractivity contribution >= 4 is 12.4 Å². The summed E-state index contributed by atoms with van der Waals surface area (Å²) in [6, 6.07) is 8.21. The molecular formula is C12H18ClNO. The number of benzene rings is 1. The summed E-state index contributed by atoms with van der Waals surface area (Å²) in [6.45, 7) is 0. The second-order valence-corrected chi connectivity index (χ2v) is 3.96. The molecule has 0 bridgehead atoms. The second-order valence-electron chi connectivity index (χ2n) is 3.96. The maximum absolute atomic E-state index is 6.20. The van der Waals surface area contributed by atoms with E-state index in [1.165, 1.54) is 19.3 Å². The average molecular weight is 228 g/mol. The smallest absolute Gasteiger partial charge is 0.123 e. The van der Waals surface area contributed by atoms with Gasteiger partial charge in [0.15, 0.2) is 0 Å². The van der Waals surface area contributed by atoms with Crippen LogP contribution in [-0.4, -0.2) is 7.11 Å². The van der Waals surface area contributed by atoms with Crippen molar-refractivity contribution in [3.8, 4) is 5.75 Å². The molecule has 2 N–H and O–H groups in total. The zero-order valence-corrected chi connectivity index (χ0v) is 9.80. The maximum Gasteiger partial charge on any atom is 0.123 e. The normalized spacial score (nSPS) is 17.5. The van der Waals surface area contributed by atoms with Gasteiger partial charge in [0.05, 0.1) is 7.11 Å². The molecule has 0 unspecified atom stereocenters. The Hall–Kier alpha value is -0.730. The molecule has 0 spiro atoms. The van der Waals surface area contributed by atoms with Crippen molar-refractivity contribution in [2.45, 2.75) is 25.3 Å². The van der Waals surface area contributed by atoms with Crippen molar-refractivity contribution in [1.29, 1.82) is 0 Å². The first kappa shape index (κ1) is 12.3. The standard InChI is InChI=1S/C12H17NO.ClH/c1-14-11-8-3-2-7-10(11)12(13)9-5-4-6-9;/h2-3,7-9,12H,4-6,13H2,1H3;1H/t12-;/m0./s1. The highest BCUT2D eigenvalue weighted by atomic mass is 35.5. The third-order valence-corrected chi connectivity index (χ3v) is 3.16. The summed E-state index contributed by atoms with van der Waals surface area (Å²) >= 11 is 0. The summed E-state index contributed by atoms with van der Waals surface area (Å²) in [5, 5.41) is 0. The molecule has 3 heteroatoms. The Balaban J connectivity index is 0.00000112. The summed E-state index contributed by atoms with van der Waals surface area (Å²) in [7, 11) is 1.70. The van der Waals surface area contributed by atoms with E-state index in [1.807, 2.05) is 18.2 Å². The van der Waals surface area contributed by atoms with E-state index in [1.54, 1.807) is 7.11 Å². The van der Waals surface area contributed by atoms with Crippen LogP contribution in [-0.2, 0) is 0 Å². The first-order valence-electron chi connectivity index (χ1n) is 5.21. The third kappa shape index (κ3) is 2.44. The van der Waals surface area contributed by atoms with Crippen molar-refractivity contribution in [3.05, 3.63) is 29.8 Å². The summed E-state index contributed by atoms with van der Waals surface area (Å²) in [5.41, 5.74) is 7.35. The molecule has 0 saturated heterocycles. The molecule has 1 atom stereocenters. The molecule has 0 amide bonds. The largest absolute Gasteiger partial charge is 0.496 e. The number of halogens is 1. The molecule has 1 saturated carbocycles. The van der Waals surface area contributed by atoms with Crippen LogP contribution in [0.25, 0.3) is 0 Å². The number of hydrogen-bond acceptors (Lipinski definition) is 2. The van der Waals surface area contributed by atoms with E-state index in [0.29, 0.717) is 5.92 Å². The lowest BCUT2D eigenvalue weighted by Gasteiger charge is -2.32. The van der Waals surface area contributed by atoms with Crippen molar-refractivity contribution in [3.63, 3.8) is 0 Å². The molecular weight excluding hydrogens is 210 g/mol. The van der Waals surface area contributed by atoms with Crippen LogP contribution in [0.15, 0.2) is 24.3 Å². The van der Waals surface area contributed by atoms with Gasteiger partial charge < -0.3 is 10.5 Å². The summed E-state index contributed by atoms with van der Waals surface area (Å²) in [6.07, 6.45) is 3.85. The van der Waals surface area contributed by atoms with E-state index in [-0.39, 0.29) is 18.4 Å². The number of para-hydroxylation sites is 1. The van der Waals surface area contributed by atoms with Gasteiger partial charge in [-0.3, -0.25) is 0 Å². The minimum Gasteiger partial charge on any atom is -0.496 e. The Morgan fingerprint density at radius 2 is 2.00 bits per heavy atom. The lowest BCUT2D eigenvalue weighted by molar-refractivity contribution is 0.259. The predicted molar refractivity (Wildman–Crippen MR) is 64.5 cm³/mol. The van der Waals surface area contributed by atoms with Crippen LogP contribution < -0.4 is 10.5 Å². The number of ether oxygens (including phenoxy) is 1. The van der Waals surface area contributed by atoms with E-state index in [4.69, 9.17) is 10.5 Å². The van der Waals surface area contributed by atoms with Gasteiger partial charge in [-0.05, 0) is 24.8 Å². The van der Waals surface area contributed by atoms with Gasteiger partial charge in [0, 0.05) is 11.6 Å². The number of nitrogens with two attached hydrogens (primary N) is 1. The molecule has 0 aromatic heterocycles. The number of rotatable bonds is 3. The highest BCUT2D eigenvalue weighted by Gasteiger charge is 2.27. The van der Waals surface area contributed by atoms with Crippen LogP contribution in [0, 0.1) is 5.92 Å². The van der Waals surface area contributed by atoms with Crippen LogP contribution in [0.3, 0.4) is 0 Å². The van der Waals surface area contributed by atoms with Crippen LogP contribution in [0.2, 0.25) is 0 Å². The molecule has 1 aromatic rings. The Labute approximate surface area is 97.2 Å².